The summed E-state index contributed by atoms with van der Waals surface area (Å²) in [5.74, 6) is 2.08. The summed E-state index contributed by atoms with van der Waals surface area (Å²) in [6.07, 6.45) is 0.703. The summed E-state index contributed by atoms with van der Waals surface area (Å²) in [7, 11) is 1.62. The van der Waals surface area contributed by atoms with Crippen molar-refractivity contribution in [1.82, 2.24) is 20.2 Å². The number of anilines is 1. The van der Waals surface area contributed by atoms with Crippen LogP contribution in [-0.2, 0) is 6.18 Å². The molecule has 2 aliphatic rings. The largest absolute Gasteiger partial charge is 0.497 e. The number of methoxy groups -OCH3 is 1. The molecule has 1 fully saturated rings. The molecule has 218 valence electrons. The van der Waals surface area contributed by atoms with E-state index in [9.17, 15) is 18.0 Å². The number of aliphatic imine (C=N–C) groups is 1. The van der Waals surface area contributed by atoms with Crippen molar-refractivity contribution in [3.63, 3.8) is 0 Å². The Balaban J connectivity index is 1.10. The predicted octanol–water partition coefficient (Wildman–Crippen LogP) is 6.62. The van der Waals surface area contributed by atoms with Crippen LogP contribution in [0.25, 0.3) is 17.1 Å². The first-order valence-electron chi connectivity index (χ1n) is 13.1. The number of halogens is 3. The van der Waals surface area contributed by atoms with Crippen LogP contribution < -0.4 is 15.1 Å². The summed E-state index contributed by atoms with van der Waals surface area (Å²) in [6.45, 7) is 2.13. The first-order chi connectivity index (χ1) is 20.7. The van der Waals surface area contributed by atoms with Crippen LogP contribution in [0.1, 0.15) is 29.5 Å². The maximum atomic E-state index is 12.8. The van der Waals surface area contributed by atoms with Gasteiger partial charge in [-0.2, -0.15) is 23.3 Å². The highest BCUT2D eigenvalue weighted by atomic mass is 32.2. The van der Waals surface area contributed by atoms with Gasteiger partial charge in [-0.3, -0.25) is 4.90 Å². The summed E-state index contributed by atoms with van der Waals surface area (Å²) in [5, 5.41) is 8.96. The van der Waals surface area contributed by atoms with Crippen LogP contribution in [0.15, 0.2) is 94.9 Å². The lowest BCUT2D eigenvalue weighted by molar-refractivity contribution is -0.137. The zero-order chi connectivity index (χ0) is 30.1. The number of rotatable bonds is 5. The molecule has 1 saturated heterocycles. The minimum atomic E-state index is -4.40. The Labute approximate surface area is 248 Å². The van der Waals surface area contributed by atoms with Gasteiger partial charge in [-0.25, -0.2) is 19.9 Å². The number of ether oxygens (including phenoxy) is 1. The van der Waals surface area contributed by atoms with E-state index in [0.29, 0.717) is 33.6 Å². The normalized spacial score (nSPS) is 17.1. The van der Waals surface area contributed by atoms with Gasteiger partial charge in [0.25, 0.3) is 0 Å². The van der Waals surface area contributed by atoms with Crippen molar-refractivity contribution in [1.29, 1.82) is 0 Å². The number of aromatic nitrogens is 3. The Morgan fingerprint density at radius 1 is 1.12 bits per heavy atom. The summed E-state index contributed by atoms with van der Waals surface area (Å²) >= 11 is 1.48. The zero-order valence-electron chi connectivity index (χ0n) is 22.9. The van der Waals surface area contributed by atoms with E-state index in [0.717, 1.165) is 34.8 Å². The lowest BCUT2D eigenvalue weighted by Gasteiger charge is -2.30. The predicted molar refractivity (Wildman–Crippen MR) is 160 cm³/mol. The molecule has 2 aliphatic heterocycles. The van der Waals surface area contributed by atoms with E-state index >= 15 is 0 Å². The Morgan fingerprint density at radius 3 is 2.60 bits per heavy atom. The van der Waals surface area contributed by atoms with Gasteiger partial charge in [-0.1, -0.05) is 55.1 Å². The van der Waals surface area contributed by atoms with Crippen molar-refractivity contribution in [2.24, 2.45) is 10.1 Å². The molecule has 0 radical (unpaired) electrons. The van der Waals surface area contributed by atoms with E-state index in [2.05, 4.69) is 38.6 Å². The van der Waals surface area contributed by atoms with Crippen molar-refractivity contribution in [2.45, 2.75) is 19.0 Å². The van der Waals surface area contributed by atoms with Gasteiger partial charge in [-0.15, -0.1) is 5.10 Å². The average Bonchev–Trinajstić information content (AvgIpc) is 3.65. The van der Waals surface area contributed by atoms with E-state index < -0.39 is 17.8 Å². The second-order valence-electron chi connectivity index (χ2n) is 9.74. The van der Waals surface area contributed by atoms with E-state index in [-0.39, 0.29) is 5.92 Å². The van der Waals surface area contributed by atoms with Gasteiger partial charge in [0.05, 0.1) is 30.3 Å². The van der Waals surface area contributed by atoms with Gasteiger partial charge in [0.2, 0.25) is 0 Å². The molecule has 1 aromatic heterocycles. The molecule has 1 N–H and O–H groups in total. The van der Waals surface area contributed by atoms with Crippen LogP contribution in [-0.4, -0.2) is 45.0 Å². The quantitative estimate of drug-likeness (QED) is 0.204. The number of hydrogen-bond acceptors (Lipinski definition) is 6. The van der Waals surface area contributed by atoms with Crippen molar-refractivity contribution < 1.29 is 22.7 Å². The molecular weight excluding hydrogens is 579 g/mol. The number of allylic oxidation sites excluding steroid dienone is 1. The smallest absolute Gasteiger partial charge is 0.416 e. The fourth-order valence-corrected chi connectivity index (χ4v) is 5.77. The number of thioether (sulfide) groups is 1. The molecule has 13 heteroatoms. The van der Waals surface area contributed by atoms with Gasteiger partial charge in [-0.05, 0) is 41.5 Å². The summed E-state index contributed by atoms with van der Waals surface area (Å²) in [5.41, 5.74) is 6.74. The van der Waals surface area contributed by atoms with Crippen molar-refractivity contribution in [2.75, 3.05) is 17.8 Å². The molecule has 3 aromatic carbocycles. The second-order valence-corrected chi connectivity index (χ2v) is 10.7. The third-order valence-corrected chi connectivity index (χ3v) is 7.90. The van der Waals surface area contributed by atoms with Gasteiger partial charge < -0.3 is 4.74 Å². The van der Waals surface area contributed by atoms with E-state index in [1.54, 1.807) is 31.4 Å². The molecule has 3 heterocycles. The third-order valence-electron chi connectivity index (χ3n) is 6.93. The number of fused-ring (bicyclic) bond motifs is 3. The fraction of sp³-hybridized carbons (Fsp3) is 0.167. The van der Waals surface area contributed by atoms with Crippen LogP contribution in [0.2, 0.25) is 0 Å². The molecular formula is C30H24F3N7O2S. The highest BCUT2D eigenvalue weighted by Crippen LogP contribution is 2.44. The minimum absolute atomic E-state index is 0.238. The van der Waals surface area contributed by atoms with Crippen LogP contribution in [0.5, 0.6) is 5.75 Å². The van der Waals surface area contributed by atoms with Gasteiger partial charge in [0, 0.05) is 29.0 Å². The molecule has 0 aliphatic carbocycles. The van der Waals surface area contributed by atoms with Gasteiger partial charge in [0.15, 0.2) is 11.0 Å². The zero-order valence-corrected chi connectivity index (χ0v) is 23.7. The Morgan fingerprint density at radius 2 is 1.88 bits per heavy atom. The monoisotopic (exact) mass is 603 g/mol. The number of amidine groups is 1. The maximum absolute atomic E-state index is 12.8. The number of amides is 2. The first-order valence-corrected chi connectivity index (χ1v) is 14.1. The maximum Gasteiger partial charge on any atom is 0.416 e. The summed E-state index contributed by atoms with van der Waals surface area (Å²) in [4.78, 5) is 23.1. The van der Waals surface area contributed by atoms with E-state index in [1.807, 2.05) is 23.1 Å². The molecule has 4 aromatic rings. The Kier molecular flexibility index (Phi) is 7.48. The van der Waals surface area contributed by atoms with Gasteiger partial charge >= 0.3 is 12.2 Å². The Bertz CT molecular complexity index is 1760. The summed E-state index contributed by atoms with van der Waals surface area (Å²) in [6, 6.07) is 17.1. The van der Waals surface area contributed by atoms with E-state index in [1.165, 1.54) is 41.1 Å². The number of hydrazone groups is 1. The topological polar surface area (TPSA) is 97.0 Å². The van der Waals surface area contributed by atoms with Crippen molar-refractivity contribution >= 4 is 34.9 Å². The number of nitrogens with zero attached hydrogens (tertiary/aromatic N) is 6. The highest BCUT2D eigenvalue weighted by Gasteiger charge is 2.34. The number of hydrogen-bond donors (Lipinski definition) is 1. The third kappa shape index (κ3) is 5.89. The number of urea groups is 1. The van der Waals surface area contributed by atoms with Crippen LogP contribution in [0.3, 0.4) is 0 Å². The summed E-state index contributed by atoms with van der Waals surface area (Å²) < 4.78 is 45.3. The molecule has 0 bridgehead atoms. The number of carbonyl (C=O) groups excluding carboxylic acids is 1. The van der Waals surface area contributed by atoms with E-state index in [4.69, 9.17) is 4.74 Å². The van der Waals surface area contributed by atoms with Crippen LogP contribution in [0, 0.1) is 0 Å². The number of alkyl halides is 3. The SMILES string of the molecule is COc1ccc2c(c1)N1C(=CC2C)CSC1=NC(=O)N/N=C/c1ccc(-c2ncn(-c3ccc(C(F)(F)F)cc3)n2)cc1. The molecule has 0 saturated carbocycles. The number of carbonyl (C=O) groups is 1. The van der Waals surface area contributed by atoms with Crippen LogP contribution >= 0.6 is 11.8 Å². The van der Waals surface area contributed by atoms with Crippen molar-refractivity contribution in [3.8, 4) is 22.8 Å². The number of benzene rings is 3. The lowest BCUT2D eigenvalue weighted by atomic mass is 9.94. The van der Waals surface area contributed by atoms with Crippen molar-refractivity contribution in [3.05, 3.63) is 102 Å². The molecule has 1 unspecified atom stereocenters. The molecule has 0 spiro atoms. The molecule has 43 heavy (non-hydrogen) atoms. The molecule has 6 rings (SSSR count). The van der Waals surface area contributed by atoms with Crippen LogP contribution in [0.4, 0.5) is 23.7 Å². The van der Waals surface area contributed by atoms with Gasteiger partial charge in [0.1, 0.15) is 12.1 Å². The lowest BCUT2D eigenvalue weighted by Crippen LogP contribution is -2.28. The second kappa shape index (κ2) is 11.4. The number of nitrogens with one attached hydrogen (secondary N) is 1. The Hall–Kier alpha value is -4.91. The minimum Gasteiger partial charge on any atom is -0.497 e. The molecule has 2 amide bonds. The fourth-order valence-electron chi connectivity index (χ4n) is 4.78. The molecule has 9 nitrogen and oxygen atoms in total. The first kappa shape index (κ1) is 28.2. The average molecular weight is 604 g/mol. The highest BCUT2D eigenvalue weighted by molar-refractivity contribution is 8.14. The molecule has 1 atom stereocenters. The standard InChI is InChI=1S/C30H24F3N7O2S/c1-18-13-23-16-43-29(40(23)26-14-24(42-2)11-12-25(18)26)36-28(41)37-35-15-19-3-5-20(6-4-19)27-34-17-39(38-27)22-9-7-21(8-10-22)30(31,32)33/h3-15,17-18H,16H2,1-2H3,(H,37,41)/b35-15+,36-29?.